The average molecular weight is 251 g/mol. The van der Waals surface area contributed by atoms with Crippen LogP contribution in [0.2, 0.25) is 0 Å². The number of rotatable bonds is 1. The summed E-state index contributed by atoms with van der Waals surface area (Å²) in [5.74, 6) is -1.26. The Morgan fingerprint density at radius 3 is 2.44 bits per heavy atom. The van der Waals surface area contributed by atoms with Gasteiger partial charge in [0.25, 0.3) is 0 Å². The molecule has 2 aromatic rings. The predicted molar refractivity (Wildman–Crippen MR) is 67.0 cm³/mol. The number of nitrogen functional groups attached to an aromatic ring is 1. The van der Waals surface area contributed by atoms with Crippen molar-refractivity contribution in [2.75, 3.05) is 5.73 Å². The van der Waals surface area contributed by atoms with Crippen molar-refractivity contribution in [1.29, 1.82) is 0 Å². The number of nitrogens with two attached hydrogens (primary N) is 1. The van der Waals surface area contributed by atoms with Crippen LogP contribution in [0.25, 0.3) is 11.3 Å². The van der Waals surface area contributed by atoms with Crippen molar-refractivity contribution in [1.82, 2.24) is 9.78 Å². The minimum atomic E-state index is -0.646. The number of aromatic nitrogens is 2. The molecule has 0 saturated carbocycles. The second kappa shape index (κ2) is 4.08. The smallest absolute Gasteiger partial charge is 0.135 e. The van der Waals surface area contributed by atoms with Gasteiger partial charge in [0.05, 0.1) is 23.1 Å². The summed E-state index contributed by atoms with van der Waals surface area (Å²) >= 11 is 0. The van der Waals surface area contributed by atoms with E-state index in [1.54, 1.807) is 4.68 Å². The van der Waals surface area contributed by atoms with Crippen molar-refractivity contribution in [2.24, 2.45) is 0 Å². The van der Waals surface area contributed by atoms with Crippen molar-refractivity contribution < 1.29 is 8.78 Å². The first-order valence-corrected chi connectivity index (χ1v) is 5.60. The fourth-order valence-electron chi connectivity index (χ4n) is 1.82. The van der Waals surface area contributed by atoms with Gasteiger partial charge in [0, 0.05) is 11.6 Å². The Labute approximate surface area is 104 Å². The summed E-state index contributed by atoms with van der Waals surface area (Å²) in [4.78, 5) is 0. The van der Waals surface area contributed by atoms with Gasteiger partial charge in [0.2, 0.25) is 0 Å². The molecule has 3 nitrogen and oxygen atoms in total. The van der Waals surface area contributed by atoms with Crippen LogP contribution in [-0.2, 0) is 5.54 Å². The average Bonchev–Trinajstić information content (AvgIpc) is 2.60. The van der Waals surface area contributed by atoms with Crippen molar-refractivity contribution >= 4 is 5.69 Å². The number of nitrogens with zero attached hydrogens (tertiary/aromatic N) is 2. The van der Waals surface area contributed by atoms with E-state index < -0.39 is 11.6 Å². The SMILES string of the molecule is CC(C)(C)n1ncc(N)c1-c1ccc(F)cc1F. The lowest BCUT2D eigenvalue weighted by molar-refractivity contribution is 0.359. The van der Waals surface area contributed by atoms with Crippen LogP contribution < -0.4 is 5.73 Å². The molecular weight excluding hydrogens is 236 g/mol. The van der Waals surface area contributed by atoms with E-state index in [9.17, 15) is 8.78 Å². The van der Waals surface area contributed by atoms with Gasteiger partial charge in [-0.05, 0) is 32.9 Å². The van der Waals surface area contributed by atoms with Crippen LogP contribution in [0.1, 0.15) is 20.8 Å². The topological polar surface area (TPSA) is 43.8 Å². The lowest BCUT2D eigenvalue weighted by Gasteiger charge is -2.22. The minimum absolute atomic E-state index is 0.251. The number of benzene rings is 1. The van der Waals surface area contributed by atoms with Crippen LogP contribution in [0.15, 0.2) is 24.4 Å². The molecule has 5 heteroatoms. The van der Waals surface area contributed by atoms with Gasteiger partial charge in [-0.15, -0.1) is 0 Å². The van der Waals surface area contributed by atoms with Gasteiger partial charge in [-0.25, -0.2) is 8.78 Å². The lowest BCUT2D eigenvalue weighted by atomic mass is 10.1. The van der Waals surface area contributed by atoms with E-state index >= 15 is 0 Å². The molecule has 1 heterocycles. The number of halogens is 2. The molecule has 0 saturated heterocycles. The molecule has 0 aliphatic rings. The predicted octanol–water partition coefficient (Wildman–Crippen LogP) is 3.17. The molecule has 0 aliphatic heterocycles. The van der Waals surface area contributed by atoms with Gasteiger partial charge in [-0.2, -0.15) is 5.10 Å². The molecule has 0 atom stereocenters. The van der Waals surface area contributed by atoms with Crippen LogP contribution in [0, 0.1) is 11.6 Å². The van der Waals surface area contributed by atoms with Crippen LogP contribution in [0.3, 0.4) is 0 Å². The second-order valence-corrected chi connectivity index (χ2v) is 5.16. The molecule has 2 N–H and O–H groups in total. The summed E-state index contributed by atoms with van der Waals surface area (Å²) in [7, 11) is 0. The Morgan fingerprint density at radius 1 is 1.22 bits per heavy atom. The standard InChI is InChI=1S/C13H15F2N3/c1-13(2,3)18-12(11(16)7-17-18)9-5-4-8(14)6-10(9)15/h4-7H,16H2,1-3H3. The van der Waals surface area contributed by atoms with Crippen LogP contribution in [0.4, 0.5) is 14.5 Å². The Kier molecular flexibility index (Phi) is 2.84. The van der Waals surface area contributed by atoms with Crippen molar-refractivity contribution in [3.05, 3.63) is 36.0 Å². The molecule has 1 aromatic heterocycles. The van der Waals surface area contributed by atoms with Gasteiger partial charge >= 0.3 is 0 Å². The molecule has 2 rings (SSSR count). The molecule has 0 spiro atoms. The first kappa shape index (κ1) is 12.5. The molecular formula is C13H15F2N3. The van der Waals surface area contributed by atoms with E-state index in [4.69, 9.17) is 5.73 Å². The third kappa shape index (κ3) is 2.08. The summed E-state index contributed by atoms with van der Waals surface area (Å²) in [6.07, 6.45) is 1.48. The summed E-state index contributed by atoms with van der Waals surface area (Å²) in [6.45, 7) is 5.80. The number of hydrogen-bond donors (Lipinski definition) is 1. The van der Waals surface area contributed by atoms with E-state index in [0.717, 1.165) is 6.07 Å². The number of anilines is 1. The normalized spacial score (nSPS) is 11.8. The maximum atomic E-state index is 13.8. The lowest BCUT2D eigenvalue weighted by Crippen LogP contribution is -2.24. The quantitative estimate of drug-likeness (QED) is 0.846. The first-order chi connectivity index (χ1) is 8.30. The minimum Gasteiger partial charge on any atom is -0.396 e. The zero-order valence-corrected chi connectivity index (χ0v) is 10.5. The maximum Gasteiger partial charge on any atom is 0.135 e. The summed E-state index contributed by atoms with van der Waals surface area (Å²) < 4.78 is 28.4. The Morgan fingerprint density at radius 2 is 1.89 bits per heavy atom. The largest absolute Gasteiger partial charge is 0.396 e. The zero-order valence-electron chi connectivity index (χ0n) is 10.5. The van der Waals surface area contributed by atoms with Crippen LogP contribution in [-0.4, -0.2) is 9.78 Å². The monoisotopic (exact) mass is 251 g/mol. The highest BCUT2D eigenvalue weighted by molar-refractivity contribution is 5.73. The van der Waals surface area contributed by atoms with E-state index in [0.29, 0.717) is 11.4 Å². The highest BCUT2D eigenvalue weighted by atomic mass is 19.1. The van der Waals surface area contributed by atoms with Crippen molar-refractivity contribution in [2.45, 2.75) is 26.3 Å². The van der Waals surface area contributed by atoms with Gasteiger partial charge in [0.15, 0.2) is 0 Å². The first-order valence-electron chi connectivity index (χ1n) is 5.60. The summed E-state index contributed by atoms with van der Waals surface area (Å²) in [5, 5.41) is 4.16. The van der Waals surface area contributed by atoms with Crippen molar-refractivity contribution in [3.8, 4) is 11.3 Å². The maximum absolute atomic E-state index is 13.8. The number of hydrogen-bond acceptors (Lipinski definition) is 2. The van der Waals surface area contributed by atoms with Crippen LogP contribution in [0.5, 0.6) is 0 Å². The molecule has 96 valence electrons. The van der Waals surface area contributed by atoms with E-state index in [1.165, 1.54) is 18.3 Å². The molecule has 0 radical (unpaired) electrons. The molecule has 18 heavy (non-hydrogen) atoms. The van der Waals surface area contributed by atoms with E-state index in [-0.39, 0.29) is 11.1 Å². The Bertz CT molecular complexity index is 582. The molecule has 0 unspecified atom stereocenters. The summed E-state index contributed by atoms with van der Waals surface area (Å²) in [5.41, 5.74) is 6.59. The Balaban J connectivity index is 2.67. The van der Waals surface area contributed by atoms with Crippen LogP contribution >= 0.6 is 0 Å². The Hall–Kier alpha value is -1.91. The molecule has 1 aromatic carbocycles. The highest BCUT2D eigenvalue weighted by Gasteiger charge is 2.22. The third-order valence-electron chi connectivity index (χ3n) is 2.62. The van der Waals surface area contributed by atoms with E-state index in [1.807, 2.05) is 20.8 Å². The van der Waals surface area contributed by atoms with Gasteiger partial charge in [0.1, 0.15) is 11.6 Å². The molecule has 0 bridgehead atoms. The van der Waals surface area contributed by atoms with Gasteiger partial charge < -0.3 is 5.73 Å². The van der Waals surface area contributed by atoms with Gasteiger partial charge in [-0.1, -0.05) is 0 Å². The fraction of sp³-hybridized carbons (Fsp3) is 0.308. The summed E-state index contributed by atoms with van der Waals surface area (Å²) in [6, 6.07) is 3.42. The fourth-order valence-corrected chi connectivity index (χ4v) is 1.82. The second-order valence-electron chi connectivity index (χ2n) is 5.16. The molecule has 0 amide bonds. The molecule has 0 fully saturated rings. The molecule has 0 aliphatic carbocycles. The highest BCUT2D eigenvalue weighted by Crippen LogP contribution is 2.32. The zero-order chi connectivity index (χ0) is 13.5. The van der Waals surface area contributed by atoms with E-state index in [2.05, 4.69) is 5.10 Å². The van der Waals surface area contributed by atoms with Crippen molar-refractivity contribution in [3.63, 3.8) is 0 Å². The third-order valence-corrected chi connectivity index (χ3v) is 2.62. The van der Waals surface area contributed by atoms with Gasteiger partial charge in [-0.3, -0.25) is 4.68 Å².